The number of phenols is 1. The smallest absolute Gasteiger partial charge is 0.261 e. The zero-order valence-corrected chi connectivity index (χ0v) is 21.6. The molecule has 4 N–H and O–H groups in total. The molecule has 0 aliphatic heterocycles. The van der Waals surface area contributed by atoms with Gasteiger partial charge in [-0.25, -0.2) is 17.8 Å². The number of nitrogens with zero attached hydrogens (tertiary/aromatic N) is 2. The normalized spacial score (nSPS) is 11.1. The average Bonchev–Trinajstić information content (AvgIpc) is 2.88. The number of hydrogen-bond acceptors (Lipinski definition) is 8. The fourth-order valence-electron chi connectivity index (χ4n) is 3.52. The zero-order chi connectivity index (χ0) is 27.3. The molecule has 0 aliphatic rings. The molecule has 1 aromatic heterocycles. The van der Waals surface area contributed by atoms with Crippen LogP contribution in [0.1, 0.15) is 23.7 Å². The molecule has 0 fully saturated rings. The third kappa shape index (κ3) is 6.18. The van der Waals surface area contributed by atoms with Crippen LogP contribution < -0.4 is 16.0 Å². The van der Waals surface area contributed by atoms with Gasteiger partial charge in [-0.05, 0) is 55.0 Å². The number of aromatic hydroxyl groups is 1. The maximum absolute atomic E-state index is 14.3. The van der Waals surface area contributed by atoms with E-state index < -0.39 is 21.6 Å². The third-order valence-corrected chi connectivity index (χ3v) is 7.59. The molecule has 9 nitrogen and oxygen atoms in total. The van der Waals surface area contributed by atoms with Gasteiger partial charge in [0, 0.05) is 11.9 Å². The van der Waals surface area contributed by atoms with Crippen LogP contribution in [0.3, 0.4) is 0 Å². The number of carbonyl (C=O) groups is 1. The van der Waals surface area contributed by atoms with Gasteiger partial charge in [0.15, 0.2) is 9.84 Å². The Morgan fingerprint density at radius 1 is 1.03 bits per heavy atom. The maximum Gasteiger partial charge on any atom is 0.261 e. The predicted molar refractivity (Wildman–Crippen MR) is 145 cm³/mol. The minimum absolute atomic E-state index is 0.00426. The van der Waals surface area contributed by atoms with E-state index in [1.165, 1.54) is 36.5 Å². The highest BCUT2D eigenvalue weighted by Crippen LogP contribution is 2.30. The van der Waals surface area contributed by atoms with E-state index in [-0.39, 0.29) is 50.1 Å². The summed E-state index contributed by atoms with van der Waals surface area (Å²) in [6, 6.07) is 16.4. The Bertz CT molecular complexity index is 1560. The first kappa shape index (κ1) is 26.8. The second-order valence-electron chi connectivity index (χ2n) is 8.12. The van der Waals surface area contributed by atoms with Crippen LogP contribution in [0.5, 0.6) is 5.75 Å². The number of aromatic nitrogens is 2. The van der Waals surface area contributed by atoms with Crippen molar-refractivity contribution in [1.29, 1.82) is 0 Å². The molecule has 12 heteroatoms. The molecule has 0 bridgehead atoms. The highest BCUT2D eigenvalue weighted by atomic mass is 35.5. The van der Waals surface area contributed by atoms with Crippen molar-refractivity contribution in [1.82, 2.24) is 9.97 Å². The molecule has 0 saturated carbocycles. The second-order valence-corrected chi connectivity index (χ2v) is 10.6. The van der Waals surface area contributed by atoms with Gasteiger partial charge in [-0.1, -0.05) is 36.7 Å². The first-order chi connectivity index (χ1) is 18.2. The summed E-state index contributed by atoms with van der Waals surface area (Å²) in [5.74, 6) is -1.46. The number of hydrogen-bond donors (Lipinski definition) is 4. The lowest BCUT2D eigenvalue weighted by molar-refractivity contribution is 0.102. The highest BCUT2D eigenvalue weighted by Gasteiger charge is 2.22. The van der Waals surface area contributed by atoms with Gasteiger partial charge in [0.1, 0.15) is 22.9 Å². The van der Waals surface area contributed by atoms with Gasteiger partial charge in [-0.3, -0.25) is 4.79 Å². The summed E-state index contributed by atoms with van der Waals surface area (Å²) in [7, 11) is -3.63. The summed E-state index contributed by atoms with van der Waals surface area (Å²) in [4.78, 5) is 21.8. The molecule has 3 aromatic carbocycles. The molecule has 1 heterocycles. The Labute approximate surface area is 223 Å². The van der Waals surface area contributed by atoms with Crippen LogP contribution >= 0.6 is 11.6 Å². The van der Waals surface area contributed by atoms with Gasteiger partial charge in [-0.15, -0.1) is 0 Å². The van der Waals surface area contributed by atoms with Crippen molar-refractivity contribution in [2.75, 3.05) is 21.7 Å². The standard InChI is InChI=1S/C26H23ClFN5O4S/c1-2-14-38(36,37)22-9-4-3-8-21(22)31-24-18(25(35)32-23-19(27)6-5-7-20(23)28)15-29-26(33-24)30-16-10-12-17(34)13-11-16/h3-13,15,34H,2,14H2,1H3,(H,32,35)(H2,29,30,31,33). The number of rotatable bonds is 9. The average molecular weight is 556 g/mol. The van der Waals surface area contributed by atoms with Gasteiger partial charge in [-0.2, -0.15) is 4.98 Å². The first-order valence-electron chi connectivity index (χ1n) is 11.4. The number of phenolic OH excluding ortho intramolecular Hbond substituents is 1. The molecule has 0 spiro atoms. The molecule has 4 rings (SSSR count). The lowest BCUT2D eigenvalue weighted by Crippen LogP contribution is -2.18. The van der Waals surface area contributed by atoms with Crippen molar-refractivity contribution in [2.24, 2.45) is 0 Å². The molecule has 4 aromatic rings. The predicted octanol–water partition coefficient (Wildman–Crippen LogP) is 5.90. The van der Waals surface area contributed by atoms with Crippen LogP contribution in [0.25, 0.3) is 0 Å². The number of halogens is 2. The summed E-state index contributed by atoms with van der Waals surface area (Å²) >= 11 is 6.06. The molecule has 38 heavy (non-hydrogen) atoms. The molecule has 0 saturated heterocycles. The van der Waals surface area contributed by atoms with Gasteiger partial charge in [0.05, 0.1) is 27.0 Å². The van der Waals surface area contributed by atoms with Crippen molar-refractivity contribution >= 4 is 56.2 Å². The number of nitrogens with one attached hydrogen (secondary N) is 3. The quantitative estimate of drug-likeness (QED) is 0.188. The molecule has 0 unspecified atom stereocenters. The zero-order valence-electron chi connectivity index (χ0n) is 20.1. The lowest BCUT2D eigenvalue weighted by Gasteiger charge is -2.16. The Morgan fingerprint density at radius 2 is 1.76 bits per heavy atom. The largest absolute Gasteiger partial charge is 0.508 e. The van der Waals surface area contributed by atoms with Gasteiger partial charge in [0.25, 0.3) is 5.91 Å². The maximum atomic E-state index is 14.3. The van der Waals surface area contributed by atoms with Crippen LogP contribution in [0.2, 0.25) is 5.02 Å². The van der Waals surface area contributed by atoms with E-state index in [9.17, 15) is 22.7 Å². The fraction of sp³-hybridized carbons (Fsp3) is 0.115. The summed E-state index contributed by atoms with van der Waals surface area (Å²) < 4.78 is 40.1. The Morgan fingerprint density at radius 3 is 2.47 bits per heavy atom. The number of carbonyl (C=O) groups excluding carboxylic acids is 1. The van der Waals surface area contributed by atoms with E-state index in [2.05, 4.69) is 25.9 Å². The minimum atomic E-state index is -3.63. The van der Waals surface area contributed by atoms with E-state index in [1.807, 2.05) is 0 Å². The molecule has 0 aliphatic carbocycles. The van der Waals surface area contributed by atoms with E-state index in [0.29, 0.717) is 12.1 Å². The van der Waals surface area contributed by atoms with Crippen molar-refractivity contribution in [3.05, 3.63) is 89.3 Å². The van der Waals surface area contributed by atoms with Crippen molar-refractivity contribution in [3.8, 4) is 5.75 Å². The van der Waals surface area contributed by atoms with Crippen LogP contribution in [0, 0.1) is 5.82 Å². The van der Waals surface area contributed by atoms with Gasteiger partial charge < -0.3 is 21.1 Å². The van der Waals surface area contributed by atoms with Gasteiger partial charge in [0.2, 0.25) is 5.95 Å². The van der Waals surface area contributed by atoms with Crippen molar-refractivity contribution in [3.63, 3.8) is 0 Å². The molecular weight excluding hydrogens is 533 g/mol. The Balaban J connectivity index is 1.75. The van der Waals surface area contributed by atoms with E-state index in [0.717, 1.165) is 6.07 Å². The van der Waals surface area contributed by atoms with E-state index >= 15 is 0 Å². The van der Waals surface area contributed by atoms with Crippen LogP contribution in [0.4, 0.5) is 33.2 Å². The van der Waals surface area contributed by atoms with Crippen LogP contribution in [-0.2, 0) is 9.84 Å². The van der Waals surface area contributed by atoms with Crippen molar-refractivity contribution < 1.29 is 22.7 Å². The lowest BCUT2D eigenvalue weighted by atomic mass is 10.2. The van der Waals surface area contributed by atoms with Crippen LogP contribution in [-0.4, -0.2) is 35.2 Å². The summed E-state index contributed by atoms with van der Waals surface area (Å²) in [5.41, 5.74) is 0.439. The third-order valence-electron chi connectivity index (χ3n) is 5.31. The summed E-state index contributed by atoms with van der Waals surface area (Å²) in [5, 5.41) is 17.8. The van der Waals surface area contributed by atoms with E-state index in [4.69, 9.17) is 11.6 Å². The first-order valence-corrected chi connectivity index (χ1v) is 13.5. The SMILES string of the molecule is CCCS(=O)(=O)c1ccccc1Nc1nc(Nc2ccc(O)cc2)ncc1C(=O)Nc1c(F)cccc1Cl. The monoisotopic (exact) mass is 555 g/mol. The van der Waals surface area contributed by atoms with Crippen LogP contribution in [0.15, 0.2) is 77.8 Å². The molecule has 0 radical (unpaired) electrons. The Hall–Kier alpha value is -4.22. The molecule has 0 atom stereocenters. The number of para-hydroxylation sites is 2. The summed E-state index contributed by atoms with van der Waals surface area (Å²) in [6.07, 6.45) is 1.63. The Kier molecular flexibility index (Phi) is 8.08. The molecular formula is C26H23ClFN5O4S. The summed E-state index contributed by atoms with van der Waals surface area (Å²) in [6.45, 7) is 1.76. The number of sulfone groups is 1. The molecule has 1 amide bonds. The van der Waals surface area contributed by atoms with Gasteiger partial charge >= 0.3 is 0 Å². The van der Waals surface area contributed by atoms with Crippen molar-refractivity contribution in [2.45, 2.75) is 18.2 Å². The minimum Gasteiger partial charge on any atom is -0.508 e. The number of anilines is 5. The second kappa shape index (κ2) is 11.4. The van der Waals surface area contributed by atoms with E-state index in [1.54, 1.807) is 37.3 Å². The number of benzene rings is 3. The molecule has 196 valence electrons. The topological polar surface area (TPSA) is 133 Å². The number of amides is 1. The fourth-order valence-corrected chi connectivity index (χ4v) is 5.23. The highest BCUT2D eigenvalue weighted by molar-refractivity contribution is 7.91.